The van der Waals surface area contributed by atoms with Crippen LogP contribution in [0.3, 0.4) is 0 Å². The number of rotatable bonds is 8. The first kappa shape index (κ1) is 24.4. The fourth-order valence-electron chi connectivity index (χ4n) is 3.86. The van der Waals surface area contributed by atoms with Crippen molar-refractivity contribution in [2.45, 2.75) is 46.2 Å². The average molecular weight is 452 g/mol. The number of carbonyl (C=O) groups is 1. The normalized spacial score (nSPS) is 12.6. The molecule has 3 rings (SSSR count). The number of hydrogen-bond acceptors (Lipinski definition) is 5. The minimum Gasteiger partial charge on any atom is -0.350 e. The van der Waals surface area contributed by atoms with E-state index in [0.29, 0.717) is 18.8 Å². The van der Waals surface area contributed by atoms with Crippen LogP contribution in [-0.2, 0) is 6.54 Å². The summed E-state index contributed by atoms with van der Waals surface area (Å²) in [4.78, 5) is 47.8. The molecule has 2 aromatic heterocycles. The van der Waals surface area contributed by atoms with E-state index in [1.54, 1.807) is 6.07 Å². The third-order valence-corrected chi connectivity index (χ3v) is 5.62. The van der Waals surface area contributed by atoms with Crippen molar-refractivity contribution in [3.8, 4) is 0 Å². The van der Waals surface area contributed by atoms with E-state index in [-0.39, 0.29) is 40.4 Å². The molecule has 3 aromatic rings. The van der Waals surface area contributed by atoms with Crippen molar-refractivity contribution in [1.82, 2.24) is 24.8 Å². The van der Waals surface area contributed by atoms with Gasteiger partial charge in [0.15, 0.2) is 5.65 Å². The first-order valence-electron chi connectivity index (χ1n) is 11.3. The van der Waals surface area contributed by atoms with Gasteiger partial charge in [-0.1, -0.05) is 58.0 Å². The molecule has 176 valence electrons. The van der Waals surface area contributed by atoms with Gasteiger partial charge >= 0.3 is 5.69 Å². The highest BCUT2D eigenvalue weighted by atomic mass is 16.2. The van der Waals surface area contributed by atoms with Crippen molar-refractivity contribution in [3.63, 3.8) is 0 Å². The van der Waals surface area contributed by atoms with Crippen molar-refractivity contribution in [1.29, 1.82) is 0 Å². The molecule has 0 aliphatic rings. The standard InChI is InChI=1S/C25H33N5O3/c1-15(2)14-30-22-21(24(32)28-25(30)33)18(12-19(27-22)16(3)4)23(31)26-13-20(29(5)6)17-10-8-7-9-11-17/h7-12,15-16,20H,13-14H2,1-6H3,(H,26,31)(H,28,32,33). The second kappa shape index (κ2) is 10.1. The van der Waals surface area contributed by atoms with Crippen LogP contribution >= 0.6 is 0 Å². The smallest absolute Gasteiger partial charge is 0.330 e. The summed E-state index contributed by atoms with van der Waals surface area (Å²) in [5.41, 5.74) is 1.10. The Morgan fingerprint density at radius 1 is 1.12 bits per heavy atom. The quantitative estimate of drug-likeness (QED) is 0.549. The Balaban J connectivity index is 2.08. The second-order valence-corrected chi connectivity index (χ2v) is 9.31. The van der Waals surface area contributed by atoms with E-state index in [2.05, 4.69) is 15.3 Å². The van der Waals surface area contributed by atoms with Crippen LogP contribution < -0.4 is 16.6 Å². The number of H-pyrrole nitrogens is 1. The molecule has 0 bridgehead atoms. The number of aromatic nitrogens is 3. The Morgan fingerprint density at radius 2 is 1.79 bits per heavy atom. The molecule has 2 heterocycles. The lowest BCUT2D eigenvalue weighted by Gasteiger charge is -2.25. The second-order valence-electron chi connectivity index (χ2n) is 9.31. The van der Waals surface area contributed by atoms with Gasteiger partial charge in [0.05, 0.1) is 17.0 Å². The summed E-state index contributed by atoms with van der Waals surface area (Å²) < 4.78 is 1.46. The molecule has 1 unspecified atom stereocenters. The molecule has 0 radical (unpaired) electrons. The zero-order valence-corrected chi connectivity index (χ0v) is 20.2. The van der Waals surface area contributed by atoms with Crippen LogP contribution in [0.15, 0.2) is 46.0 Å². The summed E-state index contributed by atoms with van der Waals surface area (Å²) in [6, 6.07) is 11.5. The average Bonchev–Trinajstić information content (AvgIpc) is 2.76. The fraction of sp³-hybridized carbons (Fsp3) is 0.440. The molecule has 2 N–H and O–H groups in total. The number of hydrogen-bond donors (Lipinski definition) is 2. The molecule has 8 heteroatoms. The van der Waals surface area contributed by atoms with Gasteiger partial charge in [0.1, 0.15) is 0 Å². The Kier molecular flexibility index (Phi) is 7.48. The minimum atomic E-state index is -0.602. The molecule has 0 saturated heterocycles. The zero-order chi connectivity index (χ0) is 24.3. The van der Waals surface area contributed by atoms with Crippen molar-refractivity contribution >= 4 is 16.9 Å². The number of likely N-dealkylation sites (N-methyl/N-ethyl adjacent to an activating group) is 1. The lowest BCUT2D eigenvalue weighted by molar-refractivity contribution is 0.0943. The molecular weight excluding hydrogens is 418 g/mol. The number of nitrogens with one attached hydrogen (secondary N) is 2. The van der Waals surface area contributed by atoms with Gasteiger partial charge in [-0.15, -0.1) is 0 Å². The van der Waals surface area contributed by atoms with Gasteiger partial charge in [0.2, 0.25) is 0 Å². The van der Waals surface area contributed by atoms with Crippen LogP contribution in [0.2, 0.25) is 0 Å². The van der Waals surface area contributed by atoms with E-state index < -0.39 is 11.2 Å². The topological polar surface area (TPSA) is 100 Å². The Labute approximate surface area is 193 Å². The lowest BCUT2D eigenvalue weighted by atomic mass is 10.0. The van der Waals surface area contributed by atoms with Crippen LogP contribution in [0.4, 0.5) is 0 Å². The van der Waals surface area contributed by atoms with Gasteiger partial charge in [0, 0.05) is 18.8 Å². The van der Waals surface area contributed by atoms with E-state index in [1.165, 1.54) is 4.57 Å². The van der Waals surface area contributed by atoms with E-state index in [0.717, 1.165) is 5.56 Å². The molecular formula is C25H33N5O3. The van der Waals surface area contributed by atoms with Crippen molar-refractivity contribution in [2.24, 2.45) is 5.92 Å². The summed E-state index contributed by atoms with van der Waals surface area (Å²) in [5.74, 6) is -0.195. The maximum atomic E-state index is 13.4. The molecule has 0 aliphatic heterocycles. The third-order valence-electron chi connectivity index (χ3n) is 5.62. The number of carbonyl (C=O) groups excluding carboxylic acids is 1. The molecule has 8 nitrogen and oxygen atoms in total. The highest BCUT2D eigenvalue weighted by Gasteiger charge is 2.22. The molecule has 0 fully saturated rings. The van der Waals surface area contributed by atoms with Gasteiger partial charge in [-0.05, 0) is 37.6 Å². The summed E-state index contributed by atoms with van der Waals surface area (Å²) in [5, 5.41) is 3.13. The highest BCUT2D eigenvalue weighted by Crippen LogP contribution is 2.21. The summed E-state index contributed by atoms with van der Waals surface area (Å²) >= 11 is 0. The van der Waals surface area contributed by atoms with Crippen LogP contribution in [0, 0.1) is 5.92 Å². The lowest BCUT2D eigenvalue weighted by Crippen LogP contribution is -2.37. The molecule has 1 amide bonds. The first-order valence-corrected chi connectivity index (χ1v) is 11.3. The van der Waals surface area contributed by atoms with E-state index in [9.17, 15) is 14.4 Å². The predicted molar refractivity (Wildman–Crippen MR) is 131 cm³/mol. The molecule has 1 aromatic carbocycles. The molecule has 0 aliphatic carbocycles. The fourth-order valence-corrected chi connectivity index (χ4v) is 3.86. The van der Waals surface area contributed by atoms with Gasteiger partial charge in [0.25, 0.3) is 11.5 Å². The number of aromatic amines is 1. The van der Waals surface area contributed by atoms with Gasteiger partial charge in [-0.3, -0.25) is 19.1 Å². The van der Waals surface area contributed by atoms with Crippen LogP contribution in [0.1, 0.15) is 61.3 Å². The Bertz CT molecular complexity index is 1240. The summed E-state index contributed by atoms with van der Waals surface area (Å²) in [6.07, 6.45) is 0. The van der Waals surface area contributed by atoms with E-state index >= 15 is 0 Å². The Morgan fingerprint density at radius 3 is 2.36 bits per heavy atom. The zero-order valence-electron chi connectivity index (χ0n) is 20.2. The number of nitrogens with zero attached hydrogens (tertiary/aromatic N) is 3. The predicted octanol–water partition coefficient (Wildman–Crippen LogP) is 2.90. The van der Waals surface area contributed by atoms with Crippen LogP contribution in [-0.4, -0.2) is 46.0 Å². The third kappa shape index (κ3) is 5.39. The largest absolute Gasteiger partial charge is 0.350 e. The number of amides is 1. The van der Waals surface area contributed by atoms with Gasteiger partial charge in [-0.2, -0.15) is 0 Å². The maximum Gasteiger partial charge on any atom is 0.330 e. The molecule has 33 heavy (non-hydrogen) atoms. The van der Waals surface area contributed by atoms with E-state index in [1.807, 2.05) is 77.0 Å². The molecule has 1 atom stereocenters. The summed E-state index contributed by atoms with van der Waals surface area (Å²) in [6.45, 7) is 8.64. The van der Waals surface area contributed by atoms with Crippen molar-refractivity contribution < 1.29 is 4.79 Å². The maximum absolute atomic E-state index is 13.4. The van der Waals surface area contributed by atoms with Crippen molar-refractivity contribution in [3.05, 3.63) is 74.1 Å². The minimum absolute atomic E-state index is 0.0154. The Hall–Kier alpha value is -3.26. The number of pyridine rings is 1. The summed E-state index contributed by atoms with van der Waals surface area (Å²) in [7, 11) is 3.91. The molecule has 0 saturated carbocycles. The molecule has 0 spiro atoms. The van der Waals surface area contributed by atoms with Crippen molar-refractivity contribution in [2.75, 3.05) is 20.6 Å². The highest BCUT2D eigenvalue weighted by molar-refractivity contribution is 6.05. The first-order chi connectivity index (χ1) is 15.6. The monoisotopic (exact) mass is 451 g/mol. The number of fused-ring (bicyclic) bond motifs is 1. The van der Waals surface area contributed by atoms with Crippen LogP contribution in [0.5, 0.6) is 0 Å². The van der Waals surface area contributed by atoms with Gasteiger partial charge in [-0.25, -0.2) is 9.78 Å². The van der Waals surface area contributed by atoms with Crippen LogP contribution in [0.25, 0.3) is 11.0 Å². The number of benzene rings is 1. The van der Waals surface area contributed by atoms with E-state index in [4.69, 9.17) is 0 Å². The SMILES string of the molecule is CC(C)Cn1c(=O)[nH]c(=O)c2c(C(=O)NCC(c3ccccc3)N(C)C)cc(C(C)C)nc21. The van der Waals surface area contributed by atoms with Gasteiger partial charge < -0.3 is 10.2 Å².